The maximum absolute atomic E-state index is 14.7. The maximum atomic E-state index is 14.7. The molecule has 178 valence electrons. The number of rotatable bonds is 6. The van der Waals surface area contributed by atoms with Gasteiger partial charge in [-0.1, -0.05) is 43.6 Å². The fourth-order valence-corrected chi connectivity index (χ4v) is 4.81. The van der Waals surface area contributed by atoms with Gasteiger partial charge in [-0.05, 0) is 83.8 Å². The van der Waals surface area contributed by atoms with Gasteiger partial charge in [0.1, 0.15) is 11.6 Å². The first-order valence-electron chi connectivity index (χ1n) is 11.8. The Balaban J connectivity index is 1.40. The Hall–Kier alpha value is -2.84. The van der Waals surface area contributed by atoms with Gasteiger partial charge in [0, 0.05) is 19.3 Å². The molecular formula is C29H28F4O. The van der Waals surface area contributed by atoms with E-state index in [1.807, 2.05) is 0 Å². The van der Waals surface area contributed by atoms with Crippen molar-refractivity contribution in [3.8, 4) is 11.8 Å². The number of hydrogen-bond donors (Lipinski definition) is 0. The van der Waals surface area contributed by atoms with Crippen LogP contribution in [-0.2, 0) is 11.2 Å². The van der Waals surface area contributed by atoms with Gasteiger partial charge < -0.3 is 4.74 Å². The highest BCUT2D eigenvalue weighted by atomic mass is 19.2. The van der Waals surface area contributed by atoms with Crippen LogP contribution >= 0.6 is 0 Å². The zero-order valence-electron chi connectivity index (χ0n) is 19.3. The first-order valence-corrected chi connectivity index (χ1v) is 11.8. The summed E-state index contributed by atoms with van der Waals surface area (Å²) in [6.45, 7) is 0.808. The molecule has 1 aliphatic carbocycles. The predicted molar refractivity (Wildman–Crippen MR) is 126 cm³/mol. The molecule has 0 bridgehead atoms. The minimum atomic E-state index is -0.954. The van der Waals surface area contributed by atoms with E-state index in [0.717, 1.165) is 50.3 Å². The zero-order valence-corrected chi connectivity index (χ0v) is 19.3. The molecule has 3 aromatic carbocycles. The third kappa shape index (κ3) is 5.98. The lowest BCUT2D eigenvalue weighted by atomic mass is 9.78. The highest BCUT2D eigenvalue weighted by Crippen LogP contribution is 2.33. The van der Waals surface area contributed by atoms with Gasteiger partial charge in [-0.15, -0.1) is 0 Å². The van der Waals surface area contributed by atoms with E-state index in [1.165, 1.54) is 25.0 Å². The fourth-order valence-electron chi connectivity index (χ4n) is 4.81. The molecule has 1 aliphatic rings. The van der Waals surface area contributed by atoms with E-state index in [-0.39, 0.29) is 5.56 Å². The Morgan fingerprint density at radius 1 is 0.735 bits per heavy atom. The summed E-state index contributed by atoms with van der Waals surface area (Å²) in [5.41, 5.74) is 0.820. The molecule has 5 heteroatoms. The summed E-state index contributed by atoms with van der Waals surface area (Å²) in [6, 6.07) is 9.71. The topological polar surface area (TPSA) is 9.23 Å². The number of benzene rings is 3. The normalized spacial score (nSPS) is 18.0. The maximum Gasteiger partial charge on any atom is 0.159 e. The summed E-state index contributed by atoms with van der Waals surface area (Å²) in [6.07, 6.45) is 7.38. The number of ether oxygens (including phenoxy) is 1. The molecular weight excluding hydrogens is 440 g/mol. The molecule has 0 atom stereocenters. The van der Waals surface area contributed by atoms with Crippen LogP contribution in [0.5, 0.6) is 0 Å². The number of methoxy groups -OCH3 is 1. The van der Waals surface area contributed by atoms with E-state index in [4.69, 9.17) is 4.74 Å². The summed E-state index contributed by atoms with van der Waals surface area (Å²) in [5, 5.41) is 0.990. The fraction of sp³-hybridized carbons (Fsp3) is 0.379. The quantitative estimate of drug-likeness (QED) is 0.268. The SMILES string of the molecule is COCCC1CCC(CCc2cc(F)c(C#Cc3ccc4cc(F)c(F)cc4c3)c(F)c2)CC1. The van der Waals surface area contributed by atoms with Crippen LogP contribution in [0.1, 0.15) is 55.2 Å². The monoisotopic (exact) mass is 468 g/mol. The predicted octanol–water partition coefficient (Wildman–Crippen LogP) is 7.57. The van der Waals surface area contributed by atoms with Crippen LogP contribution < -0.4 is 0 Å². The van der Waals surface area contributed by atoms with Crippen LogP contribution in [0.25, 0.3) is 10.8 Å². The van der Waals surface area contributed by atoms with E-state index < -0.39 is 23.3 Å². The summed E-state index contributed by atoms with van der Waals surface area (Å²) < 4.78 is 61.3. The minimum Gasteiger partial charge on any atom is -0.385 e. The van der Waals surface area contributed by atoms with Gasteiger partial charge in [-0.2, -0.15) is 0 Å². The van der Waals surface area contributed by atoms with Crippen LogP contribution in [0.3, 0.4) is 0 Å². The molecule has 0 radical (unpaired) electrons. The van der Waals surface area contributed by atoms with Crippen LogP contribution in [0.4, 0.5) is 17.6 Å². The molecule has 0 aromatic heterocycles. The average Bonchev–Trinajstić information content (AvgIpc) is 2.82. The Kier molecular flexibility index (Phi) is 7.90. The number of aryl methyl sites for hydroxylation is 1. The van der Waals surface area contributed by atoms with E-state index in [2.05, 4.69) is 11.8 Å². The third-order valence-electron chi connectivity index (χ3n) is 6.85. The Labute approximate surface area is 198 Å². The van der Waals surface area contributed by atoms with E-state index in [9.17, 15) is 17.6 Å². The molecule has 3 aromatic rings. The Morgan fingerprint density at radius 2 is 1.35 bits per heavy atom. The van der Waals surface area contributed by atoms with E-state index in [0.29, 0.717) is 34.2 Å². The minimum absolute atomic E-state index is 0.284. The average molecular weight is 469 g/mol. The summed E-state index contributed by atoms with van der Waals surface area (Å²) in [5.74, 6) is 3.38. The second kappa shape index (κ2) is 11.1. The van der Waals surface area contributed by atoms with Gasteiger partial charge in [-0.25, -0.2) is 17.6 Å². The molecule has 0 unspecified atom stereocenters. The van der Waals surface area contributed by atoms with Crippen molar-refractivity contribution in [1.29, 1.82) is 0 Å². The van der Waals surface area contributed by atoms with Gasteiger partial charge >= 0.3 is 0 Å². The second-order valence-electron chi connectivity index (χ2n) is 9.22. The van der Waals surface area contributed by atoms with Crippen molar-refractivity contribution in [2.45, 2.75) is 44.9 Å². The van der Waals surface area contributed by atoms with Crippen molar-refractivity contribution in [1.82, 2.24) is 0 Å². The molecule has 0 aliphatic heterocycles. The van der Waals surface area contributed by atoms with Gasteiger partial charge in [-0.3, -0.25) is 0 Å². The number of fused-ring (bicyclic) bond motifs is 1. The van der Waals surface area contributed by atoms with Gasteiger partial charge in [0.15, 0.2) is 11.6 Å². The lowest BCUT2D eigenvalue weighted by Gasteiger charge is -2.28. The first kappa shape index (κ1) is 24.3. The molecule has 1 saturated carbocycles. The van der Waals surface area contributed by atoms with Crippen molar-refractivity contribution in [3.63, 3.8) is 0 Å². The summed E-state index contributed by atoms with van der Waals surface area (Å²) in [7, 11) is 1.73. The van der Waals surface area contributed by atoms with Crippen LogP contribution in [0.15, 0.2) is 42.5 Å². The largest absolute Gasteiger partial charge is 0.385 e. The number of hydrogen-bond acceptors (Lipinski definition) is 1. The van der Waals surface area contributed by atoms with Crippen LogP contribution in [0.2, 0.25) is 0 Å². The van der Waals surface area contributed by atoms with E-state index in [1.54, 1.807) is 25.3 Å². The lowest BCUT2D eigenvalue weighted by Crippen LogP contribution is -2.16. The molecule has 0 heterocycles. The molecule has 0 spiro atoms. The van der Waals surface area contributed by atoms with Crippen molar-refractivity contribution < 1.29 is 22.3 Å². The van der Waals surface area contributed by atoms with Crippen LogP contribution in [0, 0.1) is 46.9 Å². The van der Waals surface area contributed by atoms with Crippen molar-refractivity contribution in [2.75, 3.05) is 13.7 Å². The summed E-state index contributed by atoms with van der Waals surface area (Å²) >= 11 is 0. The van der Waals surface area contributed by atoms with Crippen LogP contribution in [-0.4, -0.2) is 13.7 Å². The molecule has 0 amide bonds. The standard InChI is InChI=1S/C29H28F4O/c1-34-13-12-20-4-2-19(3-5-20)6-7-22-15-26(30)25(27(31)16-22)11-9-21-8-10-23-17-28(32)29(33)18-24(23)14-21/h8,10,14-20H,2-7,12-13H2,1H3. The highest BCUT2D eigenvalue weighted by Gasteiger charge is 2.21. The van der Waals surface area contributed by atoms with Crippen molar-refractivity contribution in [2.24, 2.45) is 11.8 Å². The summed E-state index contributed by atoms with van der Waals surface area (Å²) in [4.78, 5) is 0. The molecule has 1 fully saturated rings. The van der Waals surface area contributed by atoms with Crippen molar-refractivity contribution >= 4 is 10.8 Å². The van der Waals surface area contributed by atoms with Gasteiger partial charge in [0.2, 0.25) is 0 Å². The van der Waals surface area contributed by atoms with Gasteiger partial charge in [0.25, 0.3) is 0 Å². The smallest absolute Gasteiger partial charge is 0.159 e. The third-order valence-corrected chi connectivity index (χ3v) is 6.85. The zero-order chi connectivity index (χ0) is 24.1. The number of halogens is 4. The molecule has 0 saturated heterocycles. The molecule has 1 nitrogen and oxygen atoms in total. The first-order chi connectivity index (χ1) is 16.4. The molecule has 34 heavy (non-hydrogen) atoms. The van der Waals surface area contributed by atoms with Gasteiger partial charge in [0.05, 0.1) is 5.56 Å². The molecule has 0 N–H and O–H groups in total. The molecule has 4 rings (SSSR count). The lowest BCUT2D eigenvalue weighted by molar-refractivity contribution is 0.155. The Bertz CT molecular complexity index is 1190. The highest BCUT2D eigenvalue weighted by molar-refractivity contribution is 5.84. The van der Waals surface area contributed by atoms with E-state index >= 15 is 0 Å². The van der Waals surface area contributed by atoms with Crippen molar-refractivity contribution in [3.05, 3.63) is 82.4 Å². The second-order valence-corrected chi connectivity index (χ2v) is 9.22. The Morgan fingerprint density at radius 3 is 2.00 bits per heavy atom.